The molecule has 0 saturated carbocycles. The molecule has 39 heavy (non-hydrogen) atoms. The van der Waals surface area contributed by atoms with Gasteiger partial charge in [0.15, 0.2) is 0 Å². The van der Waals surface area contributed by atoms with Crippen LogP contribution in [0.3, 0.4) is 0 Å². The Morgan fingerprint density at radius 1 is 1.03 bits per heavy atom. The topological polar surface area (TPSA) is 140 Å². The van der Waals surface area contributed by atoms with E-state index in [2.05, 4.69) is 51.8 Å². The number of azide groups is 1. The van der Waals surface area contributed by atoms with E-state index in [9.17, 15) is 13.2 Å². The van der Waals surface area contributed by atoms with Gasteiger partial charge < -0.3 is 15.4 Å². The molecule has 0 aliphatic carbocycles. The molecule has 0 atom stereocenters. The second-order valence-electron chi connectivity index (χ2n) is 12.0. The largest absolute Gasteiger partial charge is 0.444 e. The molecule has 0 aliphatic rings. The molecule has 2 N–H and O–H groups in total. The summed E-state index contributed by atoms with van der Waals surface area (Å²) >= 11 is 0. The molecule has 0 aromatic carbocycles. The number of amides is 1. The molecule has 13 heteroatoms. The quantitative estimate of drug-likeness (QED) is 0.0437. The Morgan fingerprint density at radius 3 is 2.28 bits per heavy atom. The third-order valence-corrected chi connectivity index (χ3v) is 9.76. The highest BCUT2D eigenvalue weighted by Gasteiger charge is 2.25. The molecule has 0 unspecified atom stereocenters. The number of ether oxygens (including phenoxy) is 1. The van der Waals surface area contributed by atoms with Gasteiger partial charge in [0, 0.05) is 45.7 Å². The summed E-state index contributed by atoms with van der Waals surface area (Å²) in [6.45, 7) is 21.9. The standard InChI is InChI=1S/C26H55N7O4SSi/c1-8-18-32(19-12-15-28-14-11-17-30-31-27)20-13-22-33(38(35,36)23-24-39(5,6)7)21-10-9-16-29-25(34)37-26(2,3)4/h8,28H,1,9-24H2,2-7H3,(H,29,34). The van der Waals surface area contributed by atoms with Crippen LogP contribution in [0.4, 0.5) is 4.79 Å². The Bertz CT molecular complexity index is 838. The lowest BCUT2D eigenvalue weighted by Crippen LogP contribution is -2.39. The highest BCUT2D eigenvalue weighted by atomic mass is 32.2. The molecule has 0 spiro atoms. The van der Waals surface area contributed by atoms with E-state index >= 15 is 0 Å². The normalized spacial score (nSPS) is 12.4. The number of sulfonamides is 1. The van der Waals surface area contributed by atoms with Crippen LogP contribution >= 0.6 is 0 Å². The molecule has 0 bridgehead atoms. The van der Waals surface area contributed by atoms with E-state index in [-0.39, 0.29) is 5.75 Å². The lowest BCUT2D eigenvalue weighted by molar-refractivity contribution is 0.0526. The smallest absolute Gasteiger partial charge is 0.407 e. The van der Waals surface area contributed by atoms with Gasteiger partial charge in [-0.15, -0.1) is 6.58 Å². The zero-order valence-electron chi connectivity index (χ0n) is 25.4. The van der Waals surface area contributed by atoms with E-state index in [0.29, 0.717) is 39.0 Å². The monoisotopic (exact) mass is 589 g/mol. The van der Waals surface area contributed by atoms with E-state index in [4.69, 9.17) is 10.3 Å². The van der Waals surface area contributed by atoms with Crippen molar-refractivity contribution in [2.75, 3.05) is 64.7 Å². The predicted octanol–water partition coefficient (Wildman–Crippen LogP) is 4.82. The predicted molar refractivity (Wildman–Crippen MR) is 164 cm³/mol. The maximum atomic E-state index is 13.2. The Labute approximate surface area is 238 Å². The van der Waals surface area contributed by atoms with Crippen molar-refractivity contribution in [1.29, 1.82) is 0 Å². The average molecular weight is 590 g/mol. The summed E-state index contributed by atoms with van der Waals surface area (Å²) < 4.78 is 33.4. The van der Waals surface area contributed by atoms with Crippen LogP contribution in [-0.4, -0.2) is 102 Å². The van der Waals surface area contributed by atoms with Gasteiger partial charge in [0.25, 0.3) is 0 Å². The van der Waals surface area contributed by atoms with Gasteiger partial charge in [-0.05, 0) is 90.6 Å². The van der Waals surface area contributed by atoms with Gasteiger partial charge in [0.1, 0.15) is 5.60 Å². The number of nitrogens with zero attached hydrogens (tertiary/aromatic N) is 5. The minimum Gasteiger partial charge on any atom is -0.444 e. The summed E-state index contributed by atoms with van der Waals surface area (Å²) in [6, 6.07) is 0.741. The lowest BCUT2D eigenvalue weighted by Gasteiger charge is -2.26. The second kappa shape index (κ2) is 20.3. The molecule has 0 heterocycles. The number of nitrogens with one attached hydrogen (secondary N) is 2. The Balaban J connectivity index is 4.76. The molecule has 0 saturated heterocycles. The fraction of sp³-hybridized carbons (Fsp3) is 0.885. The summed E-state index contributed by atoms with van der Waals surface area (Å²) in [5, 5.41) is 9.64. The van der Waals surface area contributed by atoms with Gasteiger partial charge in [0.2, 0.25) is 10.0 Å². The highest BCUT2D eigenvalue weighted by Crippen LogP contribution is 2.14. The second-order valence-corrected chi connectivity index (χ2v) is 19.7. The van der Waals surface area contributed by atoms with Crippen molar-refractivity contribution in [1.82, 2.24) is 19.8 Å². The molecule has 0 aromatic rings. The molecule has 0 aromatic heterocycles. The Kier molecular flexibility index (Phi) is 19.4. The van der Waals surface area contributed by atoms with Crippen molar-refractivity contribution in [2.24, 2.45) is 5.11 Å². The number of alkyl carbamates (subject to hydrolysis) is 1. The number of carbonyl (C=O) groups is 1. The first-order chi connectivity index (χ1) is 18.2. The minimum absolute atomic E-state index is 0.195. The fourth-order valence-corrected chi connectivity index (χ4v) is 8.25. The van der Waals surface area contributed by atoms with Gasteiger partial charge in [-0.25, -0.2) is 17.5 Å². The van der Waals surface area contributed by atoms with E-state index in [0.717, 1.165) is 58.0 Å². The van der Waals surface area contributed by atoms with Crippen molar-refractivity contribution in [2.45, 2.75) is 84.2 Å². The van der Waals surface area contributed by atoms with Gasteiger partial charge in [0.05, 0.1) is 5.75 Å². The first kappa shape index (κ1) is 37.4. The number of carbonyl (C=O) groups excluding carboxylic acids is 1. The van der Waals surface area contributed by atoms with Crippen LogP contribution < -0.4 is 10.6 Å². The molecule has 0 aliphatic heterocycles. The minimum atomic E-state index is -3.35. The zero-order chi connectivity index (χ0) is 29.8. The molecule has 1 amide bonds. The van der Waals surface area contributed by atoms with Crippen molar-refractivity contribution < 1.29 is 17.9 Å². The summed E-state index contributed by atoms with van der Waals surface area (Å²) in [4.78, 5) is 16.9. The van der Waals surface area contributed by atoms with Gasteiger partial charge >= 0.3 is 6.09 Å². The Morgan fingerprint density at radius 2 is 1.67 bits per heavy atom. The van der Waals surface area contributed by atoms with Crippen LogP contribution in [0.25, 0.3) is 10.4 Å². The molecule has 0 rings (SSSR count). The summed E-state index contributed by atoms with van der Waals surface area (Å²) in [5.74, 6) is 0.195. The van der Waals surface area contributed by atoms with Crippen LogP contribution in [0.5, 0.6) is 0 Å². The number of rotatable bonds is 23. The first-order valence-corrected chi connectivity index (χ1v) is 19.5. The average Bonchev–Trinajstić information content (AvgIpc) is 2.81. The fourth-order valence-electron chi connectivity index (χ4n) is 3.69. The van der Waals surface area contributed by atoms with E-state index in [1.165, 1.54) is 0 Å². The van der Waals surface area contributed by atoms with Crippen LogP contribution in [-0.2, 0) is 14.8 Å². The van der Waals surface area contributed by atoms with Crippen molar-refractivity contribution in [3.63, 3.8) is 0 Å². The maximum absolute atomic E-state index is 13.2. The van der Waals surface area contributed by atoms with Crippen molar-refractivity contribution >= 4 is 24.2 Å². The number of hydrogen-bond acceptors (Lipinski definition) is 7. The molecular weight excluding hydrogens is 534 g/mol. The van der Waals surface area contributed by atoms with Gasteiger partial charge in [-0.2, -0.15) is 0 Å². The van der Waals surface area contributed by atoms with Gasteiger partial charge in [-0.1, -0.05) is 30.8 Å². The van der Waals surface area contributed by atoms with Crippen LogP contribution in [0.1, 0.15) is 52.9 Å². The van der Waals surface area contributed by atoms with Crippen LogP contribution in [0, 0.1) is 0 Å². The van der Waals surface area contributed by atoms with Gasteiger partial charge in [-0.3, -0.25) is 4.90 Å². The third kappa shape index (κ3) is 22.8. The van der Waals surface area contributed by atoms with Crippen LogP contribution in [0.2, 0.25) is 25.7 Å². The van der Waals surface area contributed by atoms with Crippen molar-refractivity contribution in [3.8, 4) is 0 Å². The number of hydrogen-bond donors (Lipinski definition) is 2. The zero-order valence-corrected chi connectivity index (χ0v) is 27.2. The summed E-state index contributed by atoms with van der Waals surface area (Å²) in [5.41, 5.74) is 7.77. The highest BCUT2D eigenvalue weighted by molar-refractivity contribution is 7.89. The molecule has 228 valence electrons. The number of unbranched alkanes of at least 4 members (excludes halogenated alkanes) is 1. The van der Waals surface area contributed by atoms with Crippen LogP contribution in [0.15, 0.2) is 17.8 Å². The Hall–Kier alpha value is -1.63. The van der Waals surface area contributed by atoms with E-state index in [1.807, 2.05) is 26.8 Å². The summed E-state index contributed by atoms with van der Waals surface area (Å²) in [7, 11) is -4.84. The SMILES string of the molecule is C=CCN(CCCNCCCN=[N+]=[N-])CCCN(CCCCNC(=O)OC(C)(C)C)S(=O)(=O)CC[Si](C)(C)C. The molecular formula is C26H55N7O4SSi. The molecule has 0 fully saturated rings. The maximum Gasteiger partial charge on any atom is 0.407 e. The lowest BCUT2D eigenvalue weighted by atomic mass is 10.2. The van der Waals surface area contributed by atoms with E-state index < -0.39 is 29.8 Å². The first-order valence-electron chi connectivity index (χ1n) is 14.2. The van der Waals surface area contributed by atoms with E-state index in [1.54, 1.807) is 4.31 Å². The molecule has 0 radical (unpaired) electrons. The van der Waals surface area contributed by atoms with Crippen molar-refractivity contribution in [3.05, 3.63) is 23.1 Å². The summed E-state index contributed by atoms with van der Waals surface area (Å²) in [6.07, 6.45) is 5.32. The molecule has 11 nitrogen and oxygen atoms in total. The third-order valence-electron chi connectivity index (χ3n) is 5.78.